The first-order valence-corrected chi connectivity index (χ1v) is 6.39. The normalized spacial score (nSPS) is 12.5. The summed E-state index contributed by atoms with van der Waals surface area (Å²) in [5.41, 5.74) is 11.7. The Morgan fingerprint density at radius 1 is 1.42 bits per heavy atom. The average Bonchev–Trinajstić information content (AvgIpc) is 2.34. The van der Waals surface area contributed by atoms with E-state index < -0.39 is 11.7 Å². The molecule has 1 amide bonds. The number of carbonyl (C=O) groups excluding carboxylic acids is 1. The van der Waals surface area contributed by atoms with Crippen LogP contribution >= 0.6 is 0 Å². The molecule has 1 aromatic carbocycles. The van der Waals surface area contributed by atoms with E-state index in [1.165, 1.54) is 6.07 Å². The number of nitrogens with zero attached hydrogens (tertiary/aromatic N) is 1. The van der Waals surface area contributed by atoms with Gasteiger partial charge in [-0.2, -0.15) is 0 Å². The van der Waals surface area contributed by atoms with Gasteiger partial charge in [0.25, 0.3) is 0 Å². The first-order chi connectivity index (χ1) is 8.82. The molecule has 0 aliphatic carbocycles. The van der Waals surface area contributed by atoms with Crippen LogP contribution in [0.1, 0.15) is 30.6 Å². The van der Waals surface area contributed by atoms with Gasteiger partial charge in [-0.15, -0.1) is 0 Å². The third-order valence-corrected chi connectivity index (χ3v) is 3.30. The van der Waals surface area contributed by atoms with Crippen molar-refractivity contribution in [3.63, 3.8) is 0 Å². The highest BCUT2D eigenvalue weighted by Crippen LogP contribution is 2.20. The van der Waals surface area contributed by atoms with Crippen molar-refractivity contribution in [2.45, 2.75) is 26.3 Å². The lowest BCUT2D eigenvalue weighted by molar-refractivity contribution is 0.1000. The smallest absolute Gasteiger partial charge is 0.248 e. The second kappa shape index (κ2) is 6.52. The fraction of sp³-hybridized carbons (Fsp3) is 0.500. The number of halogens is 1. The molecule has 0 bridgehead atoms. The first kappa shape index (κ1) is 15.4. The summed E-state index contributed by atoms with van der Waals surface area (Å²) in [5, 5.41) is 0. The lowest BCUT2D eigenvalue weighted by Crippen LogP contribution is -2.32. The molecule has 0 aliphatic heterocycles. The molecule has 0 aromatic heterocycles. The van der Waals surface area contributed by atoms with E-state index in [9.17, 15) is 9.18 Å². The molecule has 1 unspecified atom stereocenters. The third-order valence-electron chi connectivity index (χ3n) is 3.30. The lowest BCUT2D eigenvalue weighted by Gasteiger charge is -2.23. The molecule has 0 spiro atoms. The largest absolute Gasteiger partial charge is 0.372 e. The molecule has 0 radical (unpaired) electrons. The van der Waals surface area contributed by atoms with Crippen LogP contribution in [0.25, 0.3) is 0 Å². The minimum atomic E-state index is -0.630. The van der Waals surface area contributed by atoms with Crippen molar-refractivity contribution in [1.82, 2.24) is 0 Å². The summed E-state index contributed by atoms with van der Waals surface area (Å²) in [5.74, 6) is -0.678. The molecule has 1 rings (SSSR count). The molecule has 106 valence electrons. The molecule has 4 nitrogen and oxygen atoms in total. The van der Waals surface area contributed by atoms with Crippen LogP contribution in [0.15, 0.2) is 18.2 Å². The van der Waals surface area contributed by atoms with Crippen molar-refractivity contribution in [2.75, 3.05) is 18.5 Å². The number of carbonyl (C=O) groups is 1. The maximum atomic E-state index is 13.9. The van der Waals surface area contributed by atoms with Gasteiger partial charge in [0.05, 0.1) is 5.69 Å². The average molecular weight is 267 g/mol. The van der Waals surface area contributed by atoms with Crippen molar-refractivity contribution >= 4 is 11.6 Å². The number of rotatable bonds is 6. The van der Waals surface area contributed by atoms with Crippen molar-refractivity contribution in [3.8, 4) is 0 Å². The predicted octanol–water partition coefficient (Wildman–Crippen LogP) is 1.73. The maximum absolute atomic E-state index is 13.9. The zero-order valence-electron chi connectivity index (χ0n) is 11.7. The lowest BCUT2D eigenvalue weighted by atomic mass is 10.0. The van der Waals surface area contributed by atoms with Gasteiger partial charge in [0.1, 0.15) is 5.82 Å². The number of hydrogen-bond donors (Lipinski definition) is 2. The van der Waals surface area contributed by atoms with Crippen LogP contribution in [0.2, 0.25) is 0 Å². The summed E-state index contributed by atoms with van der Waals surface area (Å²) in [6, 6.07) is 4.35. The number of nitrogens with two attached hydrogens (primary N) is 2. The van der Waals surface area contributed by atoms with E-state index in [-0.39, 0.29) is 11.6 Å². The maximum Gasteiger partial charge on any atom is 0.248 e. The summed E-state index contributed by atoms with van der Waals surface area (Å²) in [6.07, 6.45) is 0.783. The van der Waals surface area contributed by atoms with Crippen molar-refractivity contribution < 1.29 is 9.18 Å². The summed E-state index contributed by atoms with van der Waals surface area (Å²) in [7, 11) is 1.80. The Bertz CT molecular complexity index is 448. The van der Waals surface area contributed by atoms with Crippen molar-refractivity contribution in [2.24, 2.45) is 17.4 Å². The van der Waals surface area contributed by atoms with Crippen LogP contribution in [0, 0.1) is 11.7 Å². The Morgan fingerprint density at radius 3 is 2.53 bits per heavy atom. The Morgan fingerprint density at radius 2 is 2.05 bits per heavy atom. The molecular weight excluding hydrogens is 245 g/mol. The molecule has 5 heteroatoms. The van der Waals surface area contributed by atoms with Crippen LogP contribution in [0.5, 0.6) is 0 Å². The molecule has 1 atom stereocenters. The summed E-state index contributed by atoms with van der Waals surface area (Å²) < 4.78 is 13.9. The highest BCUT2D eigenvalue weighted by Gasteiger charge is 2.13. The van der Waals surface area contributed by atoms with Gasteiger partial charge in [0, 0.05) is 25.2 Å². The van der Waals surface area contributed by atoms with E-state index in [4.69, 9.17) is 11.5 Å². The second-order valence-electron chi connectivity index (χ2n) is 5.15. The zero-order chi connectivity index (χ0) is 14.6. The molecule has 4 N–H and O–H groups in total. The summed E-state index contributed by atoms with van der Waals surface area (Å²) in [6.45, 7) is 4.78. The molecule has 0 aliphatic rings. The van der Waals surface area contributed by atoms with E-state index in [1.54, 1.807) is 18.0 Å². The Labute approximate surface area is 113 Å². The molecule has 0 fully saturated rings. The SMILES string of the molecule is CC(C)C(N)CCN(C)c1ccc(C(N)=O)cc1F. The van der Waals surface area contributed by atoms with Gasteiger partial charge in [0.15, 0.2) is 0 Å². The number of anilines is 1. The van der Waals surface area contributed by atoms with E-state index >= 15 is 0 Å². The quantitative estimate of drug-likeness (QED) is 0.824. The number of amides is 1. The first-order valence-electron chi connectivity index (χ1n) is 6.39. The zero-order valence-corrected chi connectivity index (χ0v) is 11.7. The fourth-order valence-electron chi connectivity index (χ4n) is 1.77. The van der Waals surface area contributed by atoms with Gasteiger partial charge in [-0.3, -0.25) is 4.79 Å². The van der Waals surface area contributed by atoms with Gasteiger partial charge < -0.3 is 16.4 Å². The number of hydrogen-bond acceptors (Lipinski definition) is 3. The molecule has 19 heavy (non-hydrogen) atoms. The van der Waals surface area contributed by atoms with E-state index in [2.05, 4.69) is 13.8 Å². The van der Waals surface area contributed by atoms with E-state index in [0.29, 0.717) is 18.2 Å². The Kier molecular flexibility index (Phi) is 5.30. The summed E-state index contributed by atoms with van der Waals surface area (Å²) in [4.78, 5) is 12.7. The van der Waals surface area contributed by atoms with Crippen LogP contribution in [-0.2, 0) is 0 Å². The minimum absolute atomic E-state index is 0.0930. The van der Waals surface area contributed by atoms with E-state index in [1.807, 2.05) is 0 Å². The van der Waals surface area contributed by atoms with Crippen LogP contribution < -0.4 is 16.4 Å². The predicted molar refractivity (Wildman–Crippen MR) is 75.6 cm³/mol. The Hall–Kier alpha value is -1.62. The highest BCUT2D eigenvalue weighted by molar-refractivity contribution is 5.93. The second-order valence-corrected chi connectivity index (χ2v) is 5.15. The fourth-order valence-corrected chi connectivity index (χ4v) is 1.77. The molecule has 0 saturated carbocycles. The molecular formula is C14H22FN3O. The van der Waals surface area contributed by atoms with Gasteiger partial charge >= 0.3 is 0 Å². The van der Waals surface area contributed by atoms with Gasteiger partial charge in [-0.25, -0.2) is 4.39 Å². The highest BCUT2D eigenvalue weighted by atomic mass is 19.1. The van der Waals surface area contributed by atoms with Crippen LogP contribution in [-0.4, -0.2) is 25.5 Å². The van der Waals surface area contributed by atoms with Crippen molar-refractivity contribution in [3.05, 3.63) is 29.6 Å². The monoisotopic (exact) mass is 267 g/mol. The van der Waals surface area contributed by atoms with Gasteiger partial charge in [-0.1, -0.05) is 13.8 Å². The van der Waals surface area contributed by atoms with Crippen LogP contribution in [0.4, 0.5) is 10.1 Å². The van der Waals surface area contributed by atoms with E-state index in [0.717, 1.165) is 12.5 Å². The van der Waals surface area contributed by atoms with Gasteiger partial charge in [-0.05, 0) is 30.5 Å². The number of benzene rings is 1. The molecule has 1 aromatic rings. The van der Waals surface area contributed by atoms with Crippen LogP contribution in [0.3, 0.4) is 0 Å². The standard InChI is InChI=1S/C14H22FN3O/c1-9(2)12(16)6-7-18(3)13-5-4-10(14(17)19)8-11(13)15/h4-5,8-9,12H,6-7,16H2,1-3H3,(H2,17,19). The topological polar surface area (TPSA) is 72.3 Å². The third kappa shape index (κ3) is 4.21. The Balaban J connectivity index is 2.72. The number of primary amides is 1. The molecule has 0 saturated heterocycles. The molecule has 0 heterocycles. The van der Waals surface area contributed by atoms with Crippen molar-refractivity contribution in [1.29, 1.82) is 0 Å². The van der Waals surface area contributed by atoms with Gasteiger partial charge in [0.2, 0.25) is 5.91 Å². The minimum Gasteiger partial charge on any atom is -0.372 e. The summed E-state index contributed by atoms with van der Waals surface area (Å²) >= 11 is 0.